The molecule has 0 atom stereocenters. The number of halogens is 2. The third-order valence-electron chi connectivity index (χ3n) is 2.59. The number of aryl methyl sites for hydroxylation is 1. The van der Waals surface area contributed by atoms with Crippen LogP contribution in [0.15, 0.2) is 22.7 Å². The molecule has 2 rings (SSSR count). The summed E-state index contributed by atoms with van der Waals surface area (Å²) in [5.74, 6) is -1.63. The lowest BCUT2D eigenvalue weighted by Gasteiger charge is -2.10. The summed E-state index contributed by atoms with van der Waals surface area (Å²) >= 11 is 3.19. The zero-order valence-electron chi connectivity index (χ0n) is 10.1. The van der Waals surface area contributed by atoms with E-state index in [4.69, 9.17) is 9.84 Å². The minimum absolute atomic E-state index is 0.0446. The van der Waals surface area contributed by atoms with E-state index in [1.807, 2.05) is 0 Å². The van der Waals surface area contributed by atoms with Gasteiger partial charge in [-0.05, 0) is 18.2 Å². The second kappa shape index (κ2) is 5.00. The molecule has 1 aromatic carbocycles. The molecule has 0 unspecified atom stereocenters. The molecule has 0 fully saturated rings. The molecule has 1 aromatic heterocycles. The zero-order valence-corrected chi connectivity index (χ0v) is 11.7. The average molecular weight is 329 g/mol. The van der Waals surface area contributed by atoms with Gasteiger partial charge in [-0.15, -0.1) is 0 Å². The van der Waals surface area contributed by atoms with Crippen LogP contribution in [0.3, 0.4) is 0 Å². The van der Waals surface area contributed by atoms with Crippen LogP contribution in [0.4, 0.5) is 4.39 Å². The molecule has 5 nitrogen and oxygen atoms in total. The van der Waals surface area contributed by atoms with E-state index < -0.39 is 11.8 Å². The van der Waals surface area contributed by atoms with E-state index >= 15 is 0 Å². The van der Waals surface area contributed by atoms with Crippen molar-refractivity contribution < 1.29 is 19.0 Å². The van der Waals surface area contributed by atoms with Crippen molar-refractivity contribution in [1.29, 1.82) is 0 Å². The predicted molar refractivity (Wildman–Crippen MR) is 69.8 cm³/mol. The van der Waals surface area contributed by atoms with Gasteiger partial charge in [-0.2, -0.15) is 5.10 Å². The summed E-state index contributed by atoms with van der Waals surface area (Å²) in [4.78, 5) is 10.9. The standard InChI is InChI=1S/C12H10BrFN2O3/c1-16-10(5-9(15-16)12(17)18)7-3-6(13)4-8(14)11(7)19-2/h3-5H,1-2H3,(H,17,18). The van der Waals surface area contributed by atoms with Gasteiger partial charge in [-0.25, -0.2) is 9.18 Å². The summed E-state index contributed by atoms with van der Waals surface area (Å²) in [5.41, 5.74) is 0.770. The maximum Gasteiger partial charge on any atom is 0.356 e. The second-order valence-electron chi connectivity index (χ2n) is 3.81. The molecule has 2 aromatic rings. The van der Waals surface area contributed by atoms with Crippen molar-refractivity contribution in [3.05, 3.63) is 34.2 Å². The molecule has 0 aliphatic rings. The number of nitrogens with zero attached hydrogens (tertiary/aromatic N) is 2. The fourth-order valence-corrected chi connectivity index (χ4v) is 2.21. The number of hydrogen-bond acceptors (Lipinski definition) is 3. The Hall–Kier alpha value is -1.89. The number of carboxylic acid groups (broad SMARTS) is 1. The molecule has 0 radical (unpaired) electrons. The molecular formula is C12H10BrFN2O3. The molecule has 0 saturated heterocycles. The number of hydrogen-bond donors (Lipinski definition) is 1. The molecule has 1 N–H and O–H groups in total. The van der Waals surface area contributed by atoms with E-state index in [2.05, 4.69) is 21.0 Å². The number of carbonyl (C=O) groups is 1. The lowest BCUT2D eigenvalue weighted by atomic mass is 10.1. The first kappa shape index (κ1) is 13.5. The van der Waals surface area contributed by atoms with E-state index in [-0.39, 0.29) is 11.4 Å². The van der Waals surface area contributed by atoms with Crippen LogP contribution in [0.2, 0.25) is 0 Å². The summed E-state index contributed by atoms with van der Waals surface area (Å²) in [7, 11) is 2.93. The van der Waals surface area contributed by atoms with Crippen molar-refractivity contribution in [3.8, 4) is 17.0 Å². The van der Waals surface area contributed by atoms with Crippen molar-refractivity contribution in [2.75, 3.05) is 7.11 Å². The number of aromatic nitrogens is 2. The molecule has 0 saturated carbocycles. The molecule has 7 heteroatoms. The third kappa shape index (κ3) is 2.46. The SMILES string of the molecule is COc1c(F)cc(Br)cc1-c1cc(C(=O)O)nn1C. The fourth-order valence-electron chi connectivity index (χ4n) is 1.78. The molecule has 0 aliphatic heterocycles. The van der Waals surface area contributed by atoms with Gasteiger partial charge in [0.2, 0.25) is 0 Å². The van der Waals surface area contributed by atoms with Gasteiger partial charge >= 0.3 is 5.97 Å². The topological polar surface area (TPSA) is 64.3 Å². The number of carboxylic acids is 1. The van der Waals surface area contributed by atoms with Crippen molar-refractivity contribution >= 4 is 21.9 Å². The Bertz CT molecular complexity index is 655. The van der Waals surface area contributed by atoms with E-state index in [1.54, 1.807) is 13.1 Å². The smallest absolute Gasteiger partial charge is 0.356 e. The maximum absolute atomic E-state index is 13.8. The zero-order chi connectivity index (χ0) is 14.2. The van der Waals surface area contributed by atoms with Crippen LogP contribution in [-0.2, 0) is 7.05 Å². The molecule has 0 amide bonds. The summed E-state index contributed by atoms with van der Waals surface area (Å²) in [6.07, 6.45) is 0. The van der Waals surface area contributed by atoms with Crippen molar-refractivity contribution in [3.63, 3.8) is 0 Å². The van der Waals surface area contributed by atoms with Crippen LogP contribution >= 0.6 is 15.9 Å². The second-order valence-corrected chi connectivity index (χ2v) is 4.73. The first-order valence-corrected chi connectivity index (χ1v) is 6.04. The first-order valence-electron chi connectivity index (χ1n) is 5.24. The number of aromatic carboxylic acids is 1. The molecule has 0 aliphatic carbocycles. The van der Waals surface area contributed by atoms with Gasteiger partial charge in [-0.3, -0.25) is 4.68 Å². The Morgan fingerprint density at radius 1 is 1.47 bits per heavy atom. The highest BCUT2D eigenvalue weighted by Crippen LogP contribution is 2.35. The number of rotatable bonds is 3. The summed E-state index contributed by atoms with van der Waals surface area (Å²) in [5, 5.41) is 12.8. The van der Waals surface area contributed by atoms with Crippen LogP contribution in [0, 0.1) is 5.82 Å². The lowest BCUT2D eigenvalue weighted by Crippen LogP contribution is -2.00. The third-order valence-corrected chi connectivity index (χ3v) is 3.05. The minimum Gasteiger partial charge on any atom is -0.493 e. The van der Waals surface area contributed by atoms with Gasteiger partial charge in [-0.1, -0.05) is 15.9 Å². The normalized spacial score (nSPS) is 10.5. The van der Waals surface area contributed by atoms with Crippen LogP contribution in [0.5, 0.6) is 5.75 Å². The van der Waals surface area contributed by atoms with E-state index in [1.165, 1.54) is 23.9 Å². The van der Waals surface area contributed by atoms with Crippen molar-refractivity contribution in [2.24, 2.45) is 7.05 Å². The molecule has 0 bridgehead atoms. The molecule has 1 heterocycles. The van der Waals surface area contributed by atoms with Gasteiger partial charge < -0.3 is 9.84 Å². The monoisotopic (exact) mass is 328 g/mol. The van der Waals surface area contributed by atoms with E-state index in [0.29, 0.717) is 15.7 Å². The quantitative estimate of drug-likeness (QED) is 0.940. The Kier molecular flexibility index (Phi) is 3.57. The van der Waals surface area contributed by atoms with Gasteiger partial charge in [0, 0.05) is 17.1 Å². The van der Waals surface area contributed by atoms with Gasteiger partial charge in [0.25, 0.3) is 0 Å². The van der Waals surface area contributed by atoms with Gasteiger partial charge in [0.05, 0.1) is 12.8 Å². The van der Waals surface area contributed by atoms with E-state index in [9.17, 15) is 9.18 Å². The maximum atomic E-state index is 13.8. The van der Waals surface area contributed by atoms with Crippen LogP contribution in [-0.4, -0.2) is 28.0 Å². The van der Waals surface area contributed by atoms with Crippen LogP contribution in [0.25, 0.3) is 11.3 Å². The van der Waals surface area contributed by atoms with E-state index in [0.717, 1.165) is 0 Å². The Labute approximate surface area is 116 Å². The summed E-state index contributed by atoms with van der Waals surface area (Å²) in [6, 6.07) is 4.29. The minimum atomic E-state index is -1.14. The van der Waals surface area contributed by atoms with Crippen LogP contribution in [0.1, 0.15) is 10.5 Å². The van der Waals surface area contributed by atoms with Gasteiger partial charge in [0.15, 0.2) is 17.3 Å². The summed E-state index contributed by atoms with van der Waals surface area (Å²) in [6.45, 7) is 0. The summed E-state index contributed by atoms with van der Waals surface area (Å²) < 4.78 is 20.7. The lowest BCUT2D eigenvalue weighted by molar-refractivity contribution is 0.0689. The van der Waals surface area contributed by atoms with Crippen LogP contribution < -0.4 is 4.74 Å². The number of benzene rings is 1. The number of ether oxygens (including phenoxy) is 1. The predicted octanol–water partition coefficient (Wildman–Crippen LogP) is 2.70. The molecule has 100 valence electrons. The number of methoxy groups -OCH3 is 1. The Morgan fingerprint density at radius 3 is 2.68 bits per heavy atom. The highest BCUT2D eigenvalue weighted by atomic mass is 79.9. The largest absolute Gasteiger partial charge is 0.493 e. The first-order chi connectivity index (χ1) is 8.93. The van der Waals surface area contributed by atoms with Crippen molar-refractivity contribution in [1.82, 2.24) is 9.78 Å². The highest BCUT2D eigenvalue weighted by molar-refractivity contribution is 9.10. The fraction of sp³-hybridized carbons (Fsp3) is 0.167. The Morgan fingerprint density at radius 2 is 2.16 bits per heavy atom. The average Bonchev–Trinajstić information content (AvgIpc) is 2.70. The molecule has 0 spiro atoms. The van der Waals surface area contributed by atoms with Crippen molar-refractivity contribution in [2.45, 2.75) is 0 Å². The molecule has 19 heavy (non-hydrogen) atoms. The van der Waals surface area contributed by atoms with Gasteiger partial charge in [0.1, 0.15) is 0 Å². The Balaban J connectivity index is 2.67. The highest BCUT2D eigenvalue weighted by Gasteiger charge is 2.18. The molecular weight excluding hydrogens is 319 g/mol.